The van der Waals surface area contributed by atoms with Gasteiger partial charge in [0.15, 0.2) is 5.82 Å². The summed E-state index contributed by atoms with van der Waals surface area (Å²) in [6.45, 7) is 3.04. The smallest absolute Gasteiger partial charge is 0.161 e. The maximum atomic E-state index is 4.69. The summed E-state index contributed by atoms with van der Waals surface area (Å²) in [6, 6.07) is 6.53. The third-order valence-electron chi connectivity index (χ3n) is 4.40. The Morgan fingerprint density at radius 2 is 1.96 bits per heavy atom. The molecule has 1 aliphatic rings. The van der Waals surface area contributed by atoms with Crippen molar-refractivity contribution in [3.63, 3.8) is 0 Å². The number of pyridine rings is 1. The first-order chi connectivity index (χ1) is 11.2. The lowest BCUT2D eigenvalue weighted by atomic mass is 10.1. The number of nitrogens with zero attached hydrogens (tertiary/aromatic N) is 4. The van der Waals surface area contributed by atoms with E-state index >= 15 is 0 Å². The van der Waals surface area contributed by atoms with Gasteiger partial charge < -0.3 is 10.2 Å². The Morgan fingerprint density at radius 1 is 1.22 bits per heavy atom. The number of rotatable bonds is 7. The zero-order valence-electron chi connectivity index (χ0n) is 14.2. The van der Waals surface area contributed by atoms with Gasteiger partial charge in [-0.1, -0.05) is 6.92 Å². The maximum absolute atomic E-state index is 4.69. The van der Waals surface area contributed by atoms with Crippen molar-refractivity contribution in [1.29, 1.82) is 0 Å². The van der Waals surface area contributed by atoms with Gasteiger partial charge in [-0.25, -0.2) is 9.97 Å². The average molecular weight is 311 g/mol. The van der Waals surface area contributed by atoms with E-state index in [-0.39, 0.29) is 0 Å². The summed E-state index contributed by atoms with van der Waals surface area (Å²) in [5.74, 6) is 2.50. The molecule has 122 valence electrons. The summed E-state index contributed by atoms with van der Waals surface area (Å²) < 4.78 is 0. The molecule has 2 heterocycles. The molecule has 0 radical (unpaired) electrons. The standard InChI is InChI=1S/C18H25N5/c1-4-15-11-17(20-12-16(23(2)3)13-5-6-13)22-18(21-15)14-7-9-19-10-8-14/h7-11,13,16H,4-6,12H2,1-3H3,(H,20,21,22). The van der Waals surface area contributed by atoms with E-state index < -0.39 is 0 Å². The SMILES string of the molecule is CCc1cc(NCC(C2CC2)N(C)C)nc(-c2ccncc2)n1. The Morgan fingerprint density at radius 3 is 2.57 bits per heavy atom. The number of nitrogens with one attached hydrogen (secondary N) is 1. The molecule has 5 heteroatoms. The Kier molecular flexibility index (Phi) is 4.86. The second kappa shape index (κ2) is 7.04. The van der Waals surface area contributed by atoms with E-state index in [2.05, 4.69) is 47.3 Å². The number of hydrogen-bond donors (Lipinski definition) is 1. The van der Waals surface area contributed by atoms with E-state index in [1.807, 2.05) is 12.1 Å². The minimum absolute atomic E-state index is 0.569. The van der Waals surface area contributed by atoms with Crippen LogP contribution < -0.4 is 5.32 Å². The molecule has 3 rings (SSSR count). The predicted molar refractivity (Wildman–Crippen MR) is 93.3 cm³/mol. The Labute approximate surface area is 138 Å². The molecule has 0 aliphatic heterocycles. The van der Waals surface area contributed by atoms with Crippen LogP contribution in [0.15, 0.2) is 30.6 Å². The van der Waals surface area contributed by atoms with Crippen LogP contribution in [-0.2, 0) is 6.42 Å². The van der Waals surface area contributed by atoms with Gasteiger partial charge in [0, 0.05) is 42.3 Å². The minimum atomic E-state index is 0.569. The highest BCUT2D eigenvalue weighted by atomic mass is 15.1. The van der Waals surface area contributed by atoms with Crippen molar-refractivity contribution in [3.05, 3.63) is 36.3 Å². The molecule has 1 fully saturated rings. The lowest BCUT2D eigenvalue weighted by molar-refractivity contribution is 0.276. The van der Waals surface area contributed by atoms with E-state index in [9.17, 15) is 0 Å². The van der Waals surface area contributed by atoms with Crippen molar-refractivity contribution in [1.82, 2.24) is 19.9 Å². The van der Waals surface area contributed by atoms with Crippen LogP contribution >= 0.6 is 0 Å². The van der Waals surface area contributed by atoms with Crippen LogP contribution in [0.3, 0.4) is 0 Å². The van der Waals surface area contributed by atoms with Crippen LogP contribution in [0.25, 0.3) is 11.4 Å². The highest BCUT2D eigenvalue weighted by molar-refractivity contribution is 5.56. The second-order valence-electron chi connectivity index (χ2n) is 6.41. The van der Waals surface area contributed by atoms with Crippen LogP contribution in [0.2, 0.25) is 0 Å². The van der Waals surface area contributed by atoms with Gasteiger partial charge >= 0.3 is 0 Å². The first-order valence-electron chi connectivity index (χ1n) is 8.36. The Hall–Kier alpha value is -2.01. The van der Waals surface area contributed by atoms with E-state index in [0.717, 1.165) is 41.8 Å². The van der Waals surface area contributed by atoms with Crippen molar-refractivity contribution in [2.24, 2.45) is 5.92 Å². The molecular formula is C18H25N5. The number of hydrogen-bond acceptors (Lipinski definition) is 5. The summed E-state index contributed by atoms with van der Waals surface area (Å²) in [4.78, 5) is 15.7. The lowest BCUT2D eigenvalue weighted by Crippen LogP contribution is -2.36. The largest absolute Gasteiger partial charge is 0.368 e. The molecule has 1 saturated carbocycles. The maximum Gasteiger partial charge on any atom is 0.161 e. The molecule has 0 spiro atoms. The number of anilines is 1. The fraction of sp³-hybridized carbons (Fsp3) is 0.500. The lowest BCUT2D eigenvalue weighted by Gasteiger charge is -2.24. The summed E-state index contributed by atoms with van der Waals surface area (Å²) in [7, 11) is 4.31. The number of likely N-dealkylation sites (N-methyl/N-ethyl adjacent to an activating group) is 1. The Balaban J connectivity index is 1.78. The number of aryl methyl sites for hydroxylation is 1. The highest BCUT2D eigenvalue weighted by Crippen LogP contribution is 2.34. The van der Waals surface area contributed by atoms with Crippen LogP contribution in [-0.4, -0.2) is 46.5 Å². The number of aromatic nitrogens is 3. The highest BCUT2D eigenvalue weighted by Gasteiger charge is 2.32. The average Bonchev–Trinajstić information content (AvgIpc) is 3.40. The molecule has 1 atom stereocenters. The second-order valence-corrected chi connectivity index (χ2v) is 6.41. The van der Waals surface area contributed by atoms with Gasteiger partial charge in [0.2, 0.25) is 0 Å². The zero-order chi connectivity index (χ0) is 16.2. The fourth-order valence-corrected chi connectivity index (χ4v) is 2.86. The molecule has 1 aliphatic carbocycles. The monoisotopic (exact) mass is 311 g/mol. The molecule has 0 saturated heterocycles. The van der Waals surface area contributed by atoms with E-state index in [1.54, 1.807) is 12.4 Å². The predicted octanol–water partition coefficient (Wildman–Crippen LogP) is 2.85. The fourth-order valence-electron chi connectivity index (χ4n) is 2.86. The summed E-state index contributed by atoms with van der Waals surface area (Å²) in [5.41, 5.74) is 2.06. The van der Waals surface area contributed by atoms with Crippen LogP contribution in [0, 0.1) is 5.92 Å². The molecule has 5 nitrogen and oxygen atoms in total. The van der Waals surface area contributed by atoms with Crippen molar-refractivity contribution < 1.29 is 0 Å². The van der Waals surface area contributed by atoms with Crippen molar-refractivity contribution in [3.8, 4) is 11.4 Å². The van der Waals surface area contributed by atoms with Gasteiger partial charge in [0.1, 0.15) is 5.82 Å². The molecule has 1 unspecified atom stereocenters. The van der Waals surface area contributed by atoms with Gasteiger partial charge in [-0.05, 0) is 51.4 Å². The van der Waals surface area contributed by atoms with Gasteiger partial charge in [-0.3, -0.25) is 4.98 Å². The van der Waals surface area contributed by atoms with Crippen molar-refractivity contribution in [2.45, 2.75) is 32.2 Å². The van der Waals surface area contributed by atoms with E-state index in [0.29, 0.717) is 6.04 Å². The van der Waals surface area contributed by atoms with Crippen molar-refractivity contribution in [2.75, 3.05) is 26.0 Å². The molecule has 0 bridgehead atoms. The topological polar surface area (TPSA) is 53.9 Å². The van der Waals surface area contributed by atoms with E-state index in [1.165, 1.54) is 12.8 Å². The Bertz CT molecular complexity index is 635. The van der Waals surface area contributed by atoms with Gasteiger partial charge in [-0.2, -0.15) is 0 Å². The molecular weight excluding hydrogens is 286 g/mol. The minimum Gasteiger partial charge on any atom is -0.368 e. The molecule has 0 amide bonds. The zero-order valence-corrected chi connectivity index (χ0v) is 14.2. The summed E-state index contributed by atoms with van der Waals surface area (Å²) in [6.07, 6.45) is 7.14. The third-order valence-corrected chi connectivity index (χ3v) is 4.40. The van der Waals surface area contributed by atoms with Crippen LogP contribution in [0.5, 0.6) is 0 Å². The molecule has 0 aromatic carbocycles. The van der Waals surface area contributed by atoms with Gasteiger partial charge in [0.25, 0.3) is 0 Å². The molecule has 23 heavy (non-hydrogen) atoms. The van der Waals surface area contributed by atoms with Gasteiger partial charge in [-0.15, -0.1) is 0 Å². The summed E-state index contributed by atoms with van der Waals surface area (Å²) >= 11 is 0. The third kappa shape index (κ3) is 4.05. The first-order valence-corrected chi connectivity index (χ1v) is 8.36. The van der Waals surface area contributed by atoms with E-state index in [4.69, 9.17) is 4.98 Å². The summed E-state index contributed by atoms with van der Waals surface area (Å²) in [5, 5.41) is 3.52. The normalized spacial score (nSPS) is 15.7. The quantitative estimate of drug-likeness (QED) is 0.852. The van der Waals surface area contributed by atoms with Gasteiger partial charge in [0.05, 0.1) is 0 Å². The van der Waals surface area contributed by atoms with Crippen LogP contribution in [0.1, 0.15) is 25.5 Å². The molecule has 2 aromatic rings. The van der Waals surface area contributed by atoms with Crippen molar-refractivity contribution >= 4 is 5.82 Å². The molecule has 2 aromatic heterocycles. The first kappa shape index (κ1) is 15.9. The molecule has 1 N–H and O–H groups in total. The van der Waals surface area contributed by atoms with Crippen LogP contribution in [0.4, 0.5) is 5.82 Å².